The van der Waals surface area contributed by atoms with Crippen LogP contribution in [0.2, 0.25) is 0 Å². The van der Waals surface area contributed by atoms with E-state index in [-0.39, 0.29) is 0 Å². The summed E-state index contributed by atoms with van der Waals surface area (Å²) in [6.45, 7) is 7.35. The molecule has 114 valence electrons. The average Bonchev–Trinajstić information content (AvgIpc) is 2.84. The lowest BCUT2D eigenvalue weighted by atomic mass is 9.98. The molecule has 1 unspecified atom stereocenters. The molecule has 0 spiro atoms. The second-order valence-corrected chi connectivity index (χ2v) is 5.75. The first kappa shape index (κ1) is 15.8. The van der Waals surface area contributed by atoms with E-state index in [0.29, 0.717) is 6.04 Å². The fourth-order valence-electron chi connectivity index (χ4n) is 2.86. The molecule has 3 nitrogen and oxygen atoms in total. The highest BCUT2D eigenvalue weighted by atomic mass is 15.3. The Bertz CT molecular complexity index is 572. The van der Waals surface area contributed by atoms with Gasteiger partial charge in [0.1, 0.15) is 0 Å². The van der Waals surface area contributed by atoms with Crippen LogP contribution in [-0.4, -0.2) is 22.9 Å². The molecule has 3 heteroatoms. The largest absolute Gasteiger partial charge is 0.317 e. The number of nitrogens with one attached hydrogen (secondary N) is 1. The molecule has 1 heterocycles. The number of nitrogens with zero attached hydrogens (tertiary/aromatic N) is 2. The summed E-state index contributed by atoms with van der Waals surface area (Å²) in [5.41, 5.74) is 5.29. The smallest absolute Gasteiger partial charge is 0.0596 e. The van der Waals surface area contributed by atoms with E-state index in [1.165, 1.54) is 16.8 Å². The molecule has 0 amide bonds. The van der Waals surface area contributed by atoms with Crippen molar-refractivity contribution in [2.24, 2.45) is 0 Å². The van der Waals surface area contributed by atoms with Crippen LogP contribution in [0.1, 0.15) is 35.9 Å². The Morgan fingerprint density at radius 2 is 2.00 bits per heavy atom. The molecule has 0 aliphatic heterocycles. The molecule has 1 atom stereocenters. The molecule has 0 aliphatic rings. The molecule has 0 aliphatic carbocycles. The van der Waals surface area contributed by atoms with Gasteiger partial charge in [-0.05, 0) is 57.9 Å². The topological polar surface area (TPSA) is 29.9 Å². The van der Waals surface area contributed by atoms with Gasteiger partial charge in [0.15, 0.2) is 0 Å². The summed E-state index contributed by atoms with van der Waals surface area (Å²) < 4.78 is 2.12. The Kier molecular flexibility index (Phi) is 5.57. The number of hydrogen-bond donors (Lipinski definition) is 1. The highest BCUT2D eigenvalue weighted by molar-refractivity contribution is 5.25. The van der Waals surface area contributed by atoms with Crippen LogP contribution in [0.5, 0.6) is 0 Å². The van der Waals surface area contributed by atoms with Crippen LogP contribution in [0.3, 0.4) is 0 Å². The summed E-state index contributed by atoms with van der Waals surface area (Å²) in [6, 6.07) is 11.4. The quantitative estimate of drug-likeness (QED) is 0.846. The molecule has 0 fully saturated rings. The van der Waals surface area contributed by atoms with Crippen LogP contribution >= 0.6 is 0 Å². The maximum absolute atomic E-state index is 4.54. The molecule has 0 saturated carbocycles. The van der Waals surface area contributed by atoms with Crippen molar-refractivity contribution in [1.29, 1.82) is 0 Å². The minimum atomic E-state index is 0.492. The van der Waals surface area contributed by atoms with Gasteiger partial charge >= 0.3 is 0 Å². The first-order valence-electron chi connectivity index (χ1n) is 7.89. The van der Waals surface area contributed by atoms with Gasteiger partial charge in [0.2, 0.25) is 0 Å². The van der Waals surface area contributed by atoms with E-state index in [9.17, 15) is 0 Å². The Balaban J connectivity index is 1.98. The first-order valence-corrected chi connectivity index (χ1v) is 7.89. The van der Waals surface area contributed by atoms with Gasteiger partial charge in [-0.3, -0.25) is 4.68 Å². The molecule has 21 heavy (non-hydrogen) atoms. The van der Waals surface area contributed by atoms with Crippen molar-refractivity contribution in [3.63, 3.8) is 0 Å². The fourth-order valence-corrected chi connectivity index (χ4v) is 2.86. The molecule has 1 aromatic carbocycles. The molecular weight excluding hydrogens is 258 g/mol. The molecule has 0 saturated heterocycles. The van der Waals surface area contributed by atoms with Crippen LogP contribution in [0.15, 0.2) is 30.3 Å². The zero-order valence-corrected chi connectivity index (χ0v) is 13.7. The minimum Gasteiger partial charge on any atom is -0.317 e. The lowest BCUT2D eigenvalue weighted by Gasteiger charge is -2.17. The van der Waals surface area contributed by atoms with Gasteiger partial charge in [-0.15, -0.1) is 0 Å². The number of likely N-dealkylation sites (N-methyl/N-ethyl adjacent to an activating group) is 1. The van der Waals surface area contributed by atoms with Crippen molar-refractivity contribution in [3.05, 3.63) is 52.8 Å². The maximum Gasteiger partial charge on any atom is 0.0596 e. The second kappa shape index (κ2) is 7.41. The second-order valence-electron chi connectivity index (χ2n) is 5.75. The van der Waals surface area contributed by atoms with E-state index in [1.54, 1.807) is 0 Å². The van der Waals surface area contributed by atoms with E-state index in [2.05, 4.69) is 73.2 Å². The molecule has 1 aromatic heterocycles. The standard InChI is InChI=1S/C18H27N3/c1-5-21-18(12-15(3)20-21)13-17(19-4)11-10-16-9-7-6-8-14(16)2/h6-9,12,17,19H,5,10-11,13H2,1-4H3. The highest BCUT2D eigenvalue weighted by Gasteiger charge is 2.12. The predicted octanol–water partition coefficient (Wildman–Crippen LogP) is 3.28. The zero-order chi connectivity index (χ0) is 15.2. The molecule has 2 aromatic rings. The van der Waals surface area contributed by atoms with Crippen molar-refractivity contribution < 1.29 is 0 Å². The lowest BCUT2D eigenvalue weighted by molar-refractivity contribution is 0.494. The van der Waals surface area contributed by atoms with E-state index < -0.39 is 0 Å². The highest BCUT2D eigenvalue weighted by Crippen LogP contribution is 2.14. The van der Waals surface area contributed by atoms with Crippen LogP contribution in [0, 0.1) is 13.8 Å². The van der Waals surface area contributed by atoms with Gasteiger partial charge in [-0.1, -0.05) is 24.3 Å². The summed E-state index contributed by atoms with van der Waals surface area (Å²) in [4.78, 5) is 0. The number of hydrogen-bond acceptors (Lipinski definition) is 2. The molecule has 0 radical (unpaired) electrons. The van der Waals surface area contributed by atoms with Gasteiger partial charge in [-0.2, -0.15) is 5.10 Å². The van der Waals surface area contributed by atoms with E-state index in [4.69, 9.17) is 0 Å². The summed E-state index contributed by atoms with van der Waals surface area (Å²) >= 11 is 0. The SMILES string of the molecule is CCn1nc(C)cc1CC(CCc1ccccc1C)NC. The summed E-state index contributed by atoms with van der Waals surface area (Å²) in [5, 5.41) is 8.00. The zero-order valence-electron chi connectivity index (χ0n) is 13.7. The number of benzene rings is 1. The Labute approximate surface area is 128 Å². The number of aromatic nitrogens is 2. The van der Waals surface area contributed by atoms with E-state index >= 15 is 0 Å². The Morgan fingerprint density at radius 3 is 2.67 bits per heavy atom. The monoisotopic (exact) mass is 285 g/mol. The van der Waals surface area contributed by atoms with E-state index in [1.807, 2.05) is 0 Å². The Hall–Kier alpha value is -1.61. The van der Waals surface area contributed by atoms with Gasteiger partial charge in [0, 0.05) is 24.7 Å². The molecule has 0 bridgehead atoms. The van der Waals surface area contributed by atoms with Crippen molar-refractivity contribution in [1.82, 2.24) is 15.1 Å². The van der Waals surface area contributed by atoms with Crippen molar-refractivity contribution in [2.75, 3.05) is 7.05 Å². The van der Waals surface area contributed by atoms with Crippen molar-refractivity contribution >= 4 is 0 Å². The van der Waals surface area contributed by atoms with Crippen molar-refractivity contribution in [3.8, 4) is 0 Å². The lowest BCUT2D eigenvalue weighted by Crippen LogP contribution is -2.29. The third kappa shape index (κ3) is 4.18. The molecule has 2 rings (SSSR count). The third-order valence-electron chi connectivity index (χ3n) is 4.17. The third-order valence-corrected chi connectivity index (χ3v) is 4.17. The molecule has 1 N–H and O–H groups in total. The van der Waals surface area contributed by atoms with Gasteiger partial charge in [-0.25, -0.2) is 0 Å². The first-order chi connectivity index (χ1) is 10.1. The fraction of sp³-hybridized carbons (Fsp3) is 0.500. The van der Waals surface area contributed by atoms with Gasteiger partial charge in [0.05, 0.1) is 5.69 Å². The summed E-state index contributed by atoms with van der Waals surface area (Å²) in [7, 11) is 2.06. The van der Waals surface area contributed by atoms with E-state index in [0.717, 1.165) is 31.5 Å². The molecular formula is C18H27N3. The Morgan fingerprint density at radius 1 is 1.24 bits per heavy atom. The van der Waals surface area contributed by atoms with Crippen molar-refractivity contribution in [2.45, 2.75) is 52.6 Å². The minimum absolute atomic E-state index is 0.492. The van der Waals surface area contributed by atoms with Gasteiger partial charge in [0.25, 0.3) is 0 Å². The average molecular weight is 285 g/mol. The number of rotatable bonds is 7. The normalized spacial score (nSPS) is 12.6. The maximum atomic E-state index is 4.54. The van der Waals surface area contributed by atoms with Crippen LogP contribution < -0.4 is 5.32 Å². The summed E-state index contributed by atoms with van der Waals surface area (Å²) in [5.74, 6) is 0. The summed E-state index contributed by atoms with van der Waals surface area (Å²) in [6.07, 6.45) is 3.31. The van der Waals surface area contributed by atoms with Gasteiger partial charge < -0.3 is 5.32 Å². The van der Waals surface area contributed by atoms with Crippen LogP contribution in [-0.2, 0) is 19.4 Å². The predicted molar refractivity (Wildman–Crippen MR) is 88.7 cm³/mol. The van der Waals surface area contributed by atoms with Crippen LogP contribution in [0.25, 0.3) is 0 Å². The van der Waals surface area contributed by atoms with Crippen LogP contribution in [0.4, 0.5) is 0 Å². The number of aryl methyl sites for hydroxylation is 4.